The number of ether oxygens (including phenoxy) is 3. The third-order valence-corrected chi connectivity index (χ3v) is 4.17. The average molecular weight is 321 g/mol. The number of hydrogen-bond donors (Lipinski definition) is 0. The summed E-state index contributed by atoms with van der Waals surface area (Å²) < 4.78 is 15.6. The van der Waals surface area contributed by atoms with E-state index in [0.717, 1.165) is 5.56 Å². The van der Waals surface area contributed by atoms with Gasteiger partial charge in [0.1, 0.15) is 11.5 Å². The number of hydrogen-bond acceptors (Lipinski definition) is 5. The Labute approximate surface area is 136 Å². The number of methoxy groups -OCH3 is 2. The van der Waals surface area contributed by atoms with E-state index >= 15 is 0 Å². The molecule has 1 aromatic carbocycles. The Morgan fingerprint density at radius 2 is 2.04 bits per heavy atom. The number of rotatable bonds is 6. The molecule has 1 fully saturated rings. The van der Waals surface area contributed by atoms with Crippen molar-refractivity contribution in [2.24, 2.45) is 11.8 Å². The molecule has 1 aliphatic heterocycles. The van der Waals surface area contributed by atoms with Gasteiger partial charge in [0.05, 0.1) is 32.7 Å². The minimum absolute atomic E-state index is 0.0408. The number of nitrogens with zero attached hydrogens (tertiary/aromatic N) is 1. The molecule has 0 bridgehead atoms. The highest BCUT2D eigenvalue weighted by Gasteiger charge is 2.42. The molecule has 1 heterocycles. The van der Waals surface area contributed by atoms with Crippen LogP contribution in [-0.2, 0) is 20.9 Å². The van der Waals surface area contributed by atoms with Gasteiger partial charge >= 0.3 is 5.97 Å². The summed E-state index contributed by atoms with van der Waals surface area (Å²) in [4.78, 5) is 26.0. The van der Waals surface area contributed by atoms with Crippen LogP contribution in [0.15, 0.2) is 18.2 Å². The fourth-order valence-corrected chi connectivity index (χ4v) is 2.80. The third kappa shape index (κ3) is 3.57. The molecule has 0 aliphatic carbocycles. The van der Waals surface area contributed by atoms with Gasteiger partial charge < -0.3 is 19.1 Å². The molecule has 0 N–H and O–H groups in total. The highest BCUT2D eigenvalue weighted by atomic mass is 16.5. The van der Waals surface area contributed by atoms with Crippen LogP contribution in [0, 0.1) is 11.8 Å². The van der Waals surface area contributed by atoms with Crippen LogP contribution in [0.4, 0.5) is 0 Å². The number of amides is 1. The van der Waals surface area contributed by atoms with Gasteiger partial charge in [0.2, 0.25) is 5.91 Å². The van der Waals surface area contributed by atoms with Gasteiger partial charge in [0.15, 0.2) is 0 Å². The summed E-state index contributed by atoms with van der Waals surface area (Å²) in [6.07, 6.45) is 0. The van der Waals surface area contributed by atoms with E-state index in [4.69, 9.17) is 14.2 Å². The van der Waals surface area contributed by atoms with E-state index in [-0.39, 0.29) is 17.8 Å². The second kappa shape index (κ2) is 7.35. The number of likely N-dealkylation sites (tertiary alicyclic amines) is 1. The van der Waals surface area contributed by atoms with E-state index in [2.05, 4.69) is 0 Å². The summed E-state index contributed by atoms with van der Waals surface area (Å²) in [6, 6.07) is 5.47. The zero-order valence-corrected chi connectivity index (χ0v) is 14.0. The lowest BCUT2D eigenvalue weighted by Gasteiger charge is -2.18. The monoisotopic (exact) mass is 321 g/mol. The van der Waals surface area contributed by atoms with E-state index in [1.807, 2.05) is 12.1 Å². The molecule has 1 amide bonds. The van der Waals surface area contributed by atoms with Crippen molar-refractivity contribution in [3.8, 4) is 11.5 Å². The van der Waals surface area contributed by atoms with E-state index < -0.39 is 5.92 Å². The Morgan fingerprint density at radius 3 is 2.65 bits per heavy atom. The zero-order chi connectivity index (χ0) is 17.0. The second-order valence-corrected chi connectivity index (χ2v) is 5.54. The second-order valence-electron chi connectivity index (χ2n) is 5.54. The van der Waals surface area contributed by atoms with E-state index in [9.17, 15) is 9.59 Å². The first kappa shape index (κ1) is 17.1. The molecule has 2 rings (SSSR count). The van der Waals surface area contributed by atoms with Crippen LogP contribution in [0.5, 0.6) is 11.5 Å². The van der Waals surface area contributed by atoms with Gasteiger partial charge in [0, 0.05) is 24.7 Å². The van der Waals surface area contributed by atoms with Crippen molar-refractivity contribution in [3.63, 3.8) is 0 Å². The summed E-state index contributed by atoms with van der Waals surface area (Å²) in [5, 5.41) is 0. The van der Waals surface area contributed by atoms with Crippen molar-refractivity contribution in [1.29, 1.82) is 0 Å². The maximum Gasteiger partial charge on any atom is 0.311 e. The fraction of sp³-hybridized carbons (Fsp3) is 0.529. The lowest BCUT2D eigenvalue weighted by Crippen LogP contribution is -2.26. The van der Waals surface area contributed by atoms with Crippen LogP contribution >= 0.6 is 0 Å². The van der Waals surface area contributed by atoms with Crippen LogP contribution in [-0.4, -0.2) is 44.1 Å². The first-order valence-electron chi connectivity index (χ1n) is 7.68. The summed E-state index contributed by atoms with van der Waals surface area (Å²) in [6.45, 7) is 4.62. The van der Waals surface area contributed by atoms with Crippen LogP contribution in [0.1, 0.15) is 19.4 Å². The number of esters is 1. The lowest BCUT2D eigenvalue weighted by atomic mass is 9.98. The van der Waals surface area contributed by atoms with Gasteiger partial charge in [-0.2, -0.15) is 0 Å². The van der Waals surface area contributed by atoms with Crippen molar-refractivity contribution in [2.45, 2.75) is 20.4 Å². The summed E-state index contributed by atoms with van der Waals surface area (Å²) in [7, 11) is 3.16. The SMILES string of the molecule is CCOC(=O)[C@@H]1CN(Cc2ccc(OC)cc2OC)C(=O)[C@@H]1C. The van der Waals surface area contributed by atoms with E-state index in [0.29, 0.717) is 31.2 Å². The van der Waals surface area contributed by atoms with Crippen LogP contribution in [0.25, 0.3) is 0 Å². The number of carbonyl (C=O) groups is 2. The third-order valence-electron chi connectivity index (χ3n) is 4.17. The maximum absolute atomic E-state index is 12.4. The molecule has 126 valence electrons. The van der Waals surface area contributed by atoms with Gasteiger partial charge in [-0.1, -0.05) is 6.92 Å². The zero-order valence-electron chi connectivity index (χ0n) is 14.0. The number of benzene rings is 1. The molecule has 0 unspecified atom stereocenters. The molecule has 2 atom stereocenters. The smallest absolute Gasteiger partial charge is 0.311 e. The summed E-state index contributed by atoms with van der Waals surface area (Å²) in [5.41, 5.74) is 0.873. The largest absolute Gasteiger partial charge is 0.497 e. The minimum atomic E-state index is -0.410. The van der Waals surface area contributed by atoms with Gasteiger partial charge in [-0.05, 0) is 19.1 Å². The van der Waals surface area contributed by atoms with Gasteiger partial charge in [0.25, 0.3) is 0 Å². The Kier molecular flexibility index (Phi) is 5.47. The Bertz CT molecular complexity index is 586. The Hall–Kier alpha value is -2.24. The first-order chi connectivity index (χ1) is 11.0. The van der Waals surface area contributed by atoms with Crippen LogP contribution in [0.3, 0.4) is 0 Å². The molecular weight excluding hydrogens is 298 g/mol. The predicted octanol–water partition coefficient (Wildman–Crippen LogP) is 1.86. The van der Waals surface area contributed by atoms with Crippen molar-refractivity contribution in [2.75, 3.05) is 27.4 Å². The molecule has 0 aromatic heterocycles. The predicted molar refractivity (Wildman–Crippen MR) is 84.3 cm³/mol. The molecule has 1 aliphatic rings. The maximum atomic E-state index is 12.4. The fourth-order valence-electron chi connectivity index (χ4n) is 2.80. The van der Waals surface area contributed by atoms with Gasteiger partial charge in [-0.15, -0.1) is 0 Å². The van der Waals surface area contributed by atoms with E-state index in [1.165, 1.54) is 0 Å². The lowest BCUT2D eigenvalue weighted by molar-refractivity contribution is -0.149. The Balaban J connectivity index is 2.14. The topological polar surface area (TPSA) is 65.1 Å². The molecule has 6 heteroatoms. The van der Waals surface area contributed by atoms with Crippen molar-refractivity contribution >= 4 is 11.9 Å². The van der Waals surface area contributed by atoms with Crippen LogP contribution < -0.4 is 9.47 Å². The average Bonchev–Trinajstić information content (AvgIpc) is 2.84. The quantitative estimate of drug-likeness (QED) is 0.748. The first-order valence-corrected chi connectivity index (χ1v) is 7.68. The summed E-state index contributed by atoms with van der Waals surface area (Å²) >= 11 is 0. The normalized spacial score (nSPS) is 20.5. The van der Waals surface area contributed by atoms with Crippen molar-refractivity contribution in [1.82, 2.24) is 4.90 Å². The molecule has 0 saturated carbocycles. The molecule has 23 heavy (non-hydrogen) atoms. The van der Waals surface area contributed by atoms with Gasteiger partial charge in [-0.3, -0.25) is 9.59 Å². The molecule has 0 spiro atoms. The molecule has 0 radical (unpaired) electrons. The molecule has 1 saturated heterocycles. The number of carbonyl (C=O) groups excluding carboxylic acids is 2. The van der Waals surface area contributed by atoms with Crippen molar-refractivity contribution in [3.05, 3.63) is 23.8 Å². The summed E-state index contributed by atoms with van der Waals surface area (Å²) in [5.74, 6) is 0.226. The van der Waals surface area contributed by atoms with Gasteiger partial charge in [-0.25, -0.2) is 0 Å². The van der Waals surface area contributed by atoms with E-state index in [1.54, 1.807) is 39.0 Å². The van der Waals surface area contributed by atoms with Crippen molar-refractivity contribution < 1.29 is 23.8 Å². The molecular formula is C17H23NO5. The molecule has 1 aromatic rings. The minimum Gasteiger partial charge on any atom is -0.497 e. The highest BCUT2D eigenvalue weighted by Crippen LogP contribution is 2.31. The van der Waals surface area contributed by atoms with Crippen LogP contribution in [0.2, 0.25) is 0 Å². The standard InChI is InChI=1S/C17H23NO5/c1-5-23-17(20)14-10-18(16(19)11(14)2)9-12-6-7-13(21-3)8-15(12)22-4/h6-8,11,14H,5,9-10H2,1-4H3/t11-,14-/m1/s1. The Morgan fingerprint density at radius 1 is 1.30 bits per heavy atom. The molecule has 6 nitrogen and oxygen atoms in total. The highest BCUT2D eigenvalue weighted by molar-refractivity contribution is 5.88.